The van der Waals surface area contributed by atoms with Gasteiger partial charge in [0.25, 0.3) is 0 Å². The normalized spacial score (nSPS) is 9.18. The molecule has 0 aliphatic carbocycles. The molecule has 1 heterocycles. The number of aromatic nitrogens is 1. The van der Waals surface area contributed by atoms with Gasteiger partial charge in [-0.15, -0.1) is 0 Å². The van der Waals surface area contributed by atoms with Gasteiger partial charge >= 0.3 is 0 Å². The second-order valence-electron chi connectivity index (χ2n) is 2.16. The van der Waals surface area contributed by atoms with Crippen molar-refractivity contribution in [1.82, 2.24) is 4.98 Å². The summed E-state index contributed by atoms with van der Waals surface area (Å²) in [5.74, 6) is 0.383. The zero-order valence-electron chi connectivity index (χ0n) is 6.16. The highest BCUT2D eigenvalue weighted by molar-refractivity contribution is 6.32. The average molecular weight is 146 g/mol. The Hall–Kier alpha value is -1.32. The molecular weight excluding hydrogens is 139 g/mol. The van der Waals surface area contributed by atoms with Gasteiger partial charge in [0.05, 0.1) is 0 Å². The van der Waals surface area contributed by atoms with Gasteiger partial charge in [-0.1, -0.05) is 11.5 Å². The lowest BCUT2D eigenvalue weighted by atomic mass is 9.99. The fourth-order valence-corrected chi connectivity index (χ4v) is 0.660. The fraction of sp³-hybridized carbons (Fsp3) is 0.143. The first-order chi connectivity index (χ1) is 5.18. The lowest BCUT2D eigenvalue weighted by Gasteiger charge is -1.99. The summed E-state index contributed by atoms with van der Waals surface area (Å²) in [5.41, 5.74) is 0.583. The third kappa shape index (κ3) is 2.41. The molecule has 0 aliphatic rings. The number of carbonyl (C=O) groups is 1. The van der Waals surface area contributed by atoms with Crippen molar-refractivity contribution in [3.05, 3.63) is 18.3 Å². The molecule has 0 spiro atoms. The van der Waals surface area contributed by atoms with E-state index in [1.807, 2.05) is 0 Å². The number of rotatable bonds is 1. The molecule has 1 aromatic rings. The summed E-state index contributed by atoms with van der Waals surface area (Å²) >= 11 is 0. The number of nitrogens with zero attached hydrogens (tertiary/aromatic N) is 1. The quantitative estimate of drug-likeness (QED) is 0.559. The fourth-order valence-electron chi connectivity index (χ4n) is 0.660. The minimum absolute atomic E-state index is 0.137. The van der Waals surface area contributed by atoms with Crippen molar-refractivity contribution >= 4 is 25.0 Å². The van der Waals surface area contributed by atoms with E-state index < -0.39 is 0 Å². The maximum absolute atomic E-state index is 10.5. The minimum atomic E-state index is -0.137. The second kappa shape index (κ2) is 3.19. The van der Waals surface area contributed by atoms with Crippen LogP contribution in [0.5, 0.6) is 0 Å². The van der Waals surface area contributed by atoms with Gasteiger partial charge in [-0.2, -0.15) is 0 Å². The summed E-state index contributed by atoms with van der Waals surface area (Å²) in [6.45, 7) is 1.43. The van der Waals surface area contributed by atoms with Crippen LogP contribution in [0.1, 0.15) is 6.92 Å². The van der Waals surface area contributed by atoms with Crippen molar-refractivity contribution in [2.45, 2.75) is 6.92 Å². The van der Waals surface area contributed by atoms with Gasteiger partial charge in [0.1, 0.15) is 13.7 Å². The minimum Gasteiger partial charge on any atom is -0.311 e. The van der Waals surface area contributed by atoms with Crippen LogP contribution in [0.3, 0.4) is 0 Å². The molecule has 1 rings (SSSR count). The van der Waals surface area contributed by atoms with Gasteiger partial charge < -0.3 is 5.32 Å². The van der Waals surface area contributed by atoms with E-state index in [-0.39, 0.29) is 5.91 Å². The molecule has 0 saturated heterocycles. The summed E-state index contributed by atoms with van der Waals surface area (Å²) in [7, 11) is 5.38. The molecule has 3 nitrogen and oxygen atoms in total. The first-order valence-electron chi connectivity index (χ1n) is 3.17. The summed E-state index contributed by atoms with van der Waals surface area (Å²) in [6.07, 6.45) is 1.49. The Bertz CT molecular complexity index is 258. The monoisotopic (exact) mass is 146 g/mol. The van der Waals surface area contributed by atoms with Crippen molar-refractivity contribution in [2.75, 3.05) is 5.32 Å². The van der Waals surface area contributed by atoms with Gasteiger partial charge in [0.2, 0.25) is 5.91 Å². The van der Waals surface area contributed by atoms with Gasteiger partial charge in [0, 0.05) is 13.1 Å². The number of hydrogen-bond donors (Lipinski definition) is 1. The molecular formula is C7H7BN2O. The van der Waals surface area contributed by atoms with Crippen LogP contribution < -0.4 is 10.8 Å². The highest BCUT2D eigenvalue weighted by Gasteiger charge is 1.93. The molecule has 54 valence electrons. The van der Waals surface area contributed by atoms with Crippen molar-refractivity contribution in [1.29, 1.82) is 0 Å². The van der Waals surface area contributed by atoms with Crippen LogP contribution in [0.4, 0.5) is 5.82 Å². The Labute approximate surface area is 66.2 Å². The Morgan fingerprint density at radius 1 is 1.64 bits per heavy atom. The summed E-state index contributed by atoms with van der Waals surface area (Å²) in [5, 5.41) is 2.53. The number of pyridine rings is 1. The Morgan fingerprint density at radius 3 is 2.82 bits per heavy atom. The van der Waals surface area contributed by atoms with E-state index >= 15 is 0 Å². The zero-order valence-corrected chi connectivity index (χ0v) is 6.16. The standard InChI is InChI=1S/C7H7BN2O/c1-5(11)10-7-3-2-6(8)4-9-7/h2-4H,1H3,(H,9,10,11). The summed E-state index contributed by atoms with van der Waals surface area (Å²) in [4.78, 5) is 14.4. The van der Waals surface area contributed by atoms with Crippen LogP contribution in [0.15, 0.2) is 18.3 Å². The number of anilines is 1. The molecule has 1 amide bonds. The second-order valence-corrected chi connectivity index (χ2v) is 2.16. The summed E-state index contributed by atoms with van der Waals surface area (Å²) < 4.78 is 0. The van der Waals surface area contributed by atoms with E-state index in [9.17, 15) is 4.79 Å². The molecule has 0 aliphatic heterocycles. The van der Waals surface area contributed by atoms with Crippen LogP contribution in [0.25, 0.3) is 0 Å². The van der Waals surface area contributed by atoms with Gasteiger partial charge in [0.15, 0.2) is 0 Å². The average Bonchev–Trinajstić information content (AvgIpc) is 1.93. The van der Waals surface area contributed by atoms with Gasteiger partial charge in [-0.25, -0.2) is 4.98 Å². The van der Waals surface area contributed by atoms with Crippen LogP contribution in [-0.2, 0) is 4.79 Å². The molecule has 0 saturated carbocycles. The predicted molar refractivity (Wildman–Crippen MR) is 43.9 cm³/mol. The molecule has 11 heavy (non-hydrogen) atoms. The van der Waals surface area contributed by atoms with E-state index in [0.717, 1.165) is 0 Å². The van der Waals surface area contributed by atoms with Crippen molar-refractivity contribution in [2.24, 2.45) is 0 Å². The zero-order chi connectivity index (χ0) is 8.27. The van der Waals surface area contributed by atoms with Gasteiger partial charge in [-0.05, 0) is 6.07 Å². The number of nitrogens with one attached hydrogen (secondary N) is 1. The van der Waals surface area contributed by atoms with E-state index in [0.29, 0.717) is 11.3 Å². The van der Waals surface area contributed by atoms with Crippen LogP contribution in [-0.4, -0.2) is 18.7 Å². The summed E-state index contributed by atoms with van der Waals surface area (Å²) in [6, 6.07) is 3.33. The Kier molecular flexibility index (Phi) is 2.26. The van der Waals surface area contributed by atoms with Crippen LogP contribution in [0, 0.1) is 0 Å². The highest BCUT2D eigenvalue weighted by Crippen LogP contribution is 1.96. The highest BCUT2D eigenvalue weighted by atomic mass is 16.1. The van der Waals surface area contributed by atoms with E-state index in [1.165, 1.54) is 13.1 Å². The maximum atomic E-state index is 10.5. The number of carbonyl (C=O) groups excluding carboxylic acids is 1. The largest absolute Gasteiger partial charge is 0.311 e. The lowest BCUT2D eigenvalue weighted by Crippen LogP contribution is -2.10. The van der Waals surface area contributed by atoms with Crippen molar-refractivity contribution in [3.8, 4) is 0 Å². The molecule has 1 N–H and O–H groups in total. The molecule has 0 fully saturated rings. The molecule has 0 bridgehead atoms. The van der Waals surface area contributed by atoms with E-state index in [2.05, 4.69) is 10.3 Å². The number of hydrogen-bond acceptors (Lipinski definition) is 2. The SMILES string of the molecule is [B]c1ccc(NC(C)=O)nc1. The third-order valence-electron chi connectivity index (χ3n) is 1.09. The Balaban J connectivity index is 2.74. The first-order valence-corrected chi connectivity index (χ1v) is 3.17. The topological polar surface area (TPSA) is 42.0 Å². The number of amides is 1. The van der Waals surface area contributed by atoms with Crippen LogP contribution in [0.2, 0.25) is 0 Å². The van der Waals surface area contributed by atoms with E-state index in [4.69, 9.17) is 7.85 Å². The predicted octanol–water partition coefficient (Wildman–Crippen LogP) is -0.166. The van der Waals surface area contributed by atoms with Crippen molar-refractivity contribution < 1.29 is 4.79 Å². The molecule has 4 heteroatoms. The molecule has 0 aromatic carbocycles. The maximum Gasteiger partial charge on any atom is 0.222 e. The molecule has 2 radical (unpaired) electrons. The smallest absolute Gasteiger partial charge is 0.222 e. The van der Waals surface area contributed by atoms with E-state index in [1.54, 1.807) is 12.1 Å². The molecule has 1 aromatic heterocycles. The lowest BCUT2D eigenvalue weighted by molar-refractivity contribution is -0.114. The van der Waals surface area contributed by atoms with Crippen molar-refractivity contribution in [3.63, 3.8) is 0 Å². The first kappa shape index (κ1) is 7.79. The third-order valence-corrected chi connectivity index (χ3v) is 1.09. The molecule has 0 atom stereocenters. The van der Waals surface area contributed by atoms with Gasteiger partial charge in [-0.3, -0.25) is 4.79 Å². The Morgan fingerprint density at radius 2 is 2.36 bits per heavy atom. The van der Waals surface area contributed by atoms with Crippen LogP contribution >= 0.6 is 0 Å². The molecule has 0 unspecified atom stereocenters.